The van der Waals surface area contributed by atoms with Gasteiger partial charge in [-0.3, -0.25) is 10.5 Å². The summed E-state index contributed by atoms with van der Waals surface area (Å²) in [5, 5.41) is 20.1. The smallest absolute Gasteiger partial charge is 0.355 e. The van der Waals surface area contributed by atoms with Gasteiger partial charge in [0.25, 0.3) is 0 Å². The van der Waals surface area contributed by atoms with Crippen LogP contribution in [0.4, 0.5) is 9.93 Å². The number of rotatable bonds is 2. The van der Waals surface area contributed by atoms with Gasteiger partial charge in [0, 0.05) is 5.38 Å². The maximum atomic E-state index is 10.5. The van der Waals surface area contributed by atoms with Gasteiger partial charge >= 0.3 is 12.0 Å². The van der Waals surface area contributed by atoms with Gasteiger partial charge < -0.3 is 5.11 Å². The van der Waals surface area contributed by atoms with Crippen LogP contribution in [0.2, 0.25) is 0 Å². The molecule has 0 spiro atoms. The van der Waals surface area contributed by atoms with Crippen molar-refractivity contribution in [2.75, 3.05) is 5.32 Å². The molecule has 1 aromatic heterocycles. The van der Waals surface area contributed by atoms with Crippen LogP contribution in [0.3, 0.4) is 0 Å². The number of amides is 2. The lowest BCUT2D eigenvalue weighted by atomic mass is 10.5. The van der Waals surface area contributed by atoms with Gasteiger partial charge in [-0.2, -0.15) is 0 Å². The van der Waals surface area contributed by atoms with Crippen LogP contribution in [-0.2, 0) is 0 Å². The maximum absolute atomic E-state index is 10.5. The highest BCUT2D eigenvalue weighted by atomic mass is 32.1. The number of urea groups is 1. The molecule has 13 heavy (non-hydrogen) atoms. The van der Waals surface area contributed by atoms with Crippen molar-refractivity contribution < 1.29 is 19.9 Å². The van der Waals surface area contributed by atoms with Gasteiger partial charge in [0.1, 0.15) is 0 Å². The molecule has 0 saturated heterocycles. The summed E-state index contributed by atoms with van der Waals surface area (Å²) in [6.07, 6.45) is 0. The van der Waals surface area contributed by atoms with Crippen LogP contribution in [0.5, 0.6) is 0 Å². The first kappa shape index (κ1) is 9.42. The lowest BCUT2D eigenvalue weighted by Crippen LogP contribution is -2.25. The number of carboxylic acids is 1. The van der Waals surface area contributed by atoms with Crippen LogP contribution in [0.15, 0.2) is 5.38 Å². The Morgan fingerprint density at radius 3 is 2.69 bits per heavy atom. The second-order valence-corrected chi connectivity index (χ2v) is 2.77. The molecule has 0 fully saturated rings. The minimum Gasteiger partial charge on any atom is -0.476 e. The molecule has 8 heteroatoms. The number of aromatic nitrogens is 1. The van der Waals surface area contributed by atoms with Gasteiger partial charge in [0.05, 0.1) is 0 Å². The third kappa shape index (κ3) is 2.39. The molecule has 0 saturated carbocycles. The second kappa shape index (κ2) is 3.83. The van der Waals surface area contributed by atoms with Crippen LogP contribution in [-0.4, -0.2) is 27.3 Å². The van der Waals surface area contributed by atoms with Crippen LogP contribution in [0, 0.1) is 0 Å². The Hall–Kier alpha value is -1.67. The number of anilines is 1. The molecule has 0 bridgehead atoms. The zero-order chi connectivity index (χ0) is 9.84. The molecule has 2 amide bonds. The number of hydrogen-bond donors (Lipinski definition) is 4. The third-order valence-electron chi connectivity index (χ3n) is 1.05. The molecule has 0 unspecified atom stereocenters. The van der Waals surface area contributed by atoms with Crippen LogP contribution < -0.4 is 10.8 Å². The highest BCUT2D eigenvalue weighted by Crippen LogP contribution is 2.14. The number of hydroxylamine groups is 1. The summed E-state index contributed by atoms with van der Waals surface area (Å²) in [6, 6.07) is -0.869. The fourth-order valence-electron chi connectivity index (χ4n) is 0.554. The Kier molecular flexibility index (Phi) is 2.77. The zero-order valence-corrected chi connectivity index (χ0v) is 6.96. The summed E-state index contributed by atoms with van der Waals surface area (Å²) in [4.78, 5) is 24.4. The standard InChI is InChI=1S/C5H5N3O4S/c9-3(10)2-1-13-5(6-2)7-4(11)8-12/h1,12H,(H,9,10)(H2,6,7,8,11). The molecule has 1 aromatic rings. The monoisotopic (exact) mass is 203 g/mol. The molecule has 7 nitrogen and oxygen atoms in total. The fourth-order valence-corrected chi connectivity index (χ4v) is 1.23. The van der Waals surface area contributed by atoms with E-state index in [1.165, 1.54) is 10.9 Å². The number of thiazole rings is 1. The SMILES string of the molecule is O=C(NO)Nc1nc(C(=O)O)cs1. The van der Waals surface area contributed by atoms with E-state index in [1.54, 1.807) is 0 Å². The second-order valence-electron chi connectivity index (χ2n) is 1.91. The summed E-state index contributed by atoms with van der Waals surface area (Å²) >= 11 is 0.947. The van der Waals surface area contributed by atoms with Crippen molar-refractivity contribution in [2.24, 2.45) is 0 Å². The predicted molar refractivity (Wildman–Crippen MR) is 43.0 cm³/mol. The summed E-state index contributed by atoms with van der Waals surface area (Å²) in [7, 11) is 0. The molecule has 1 rings (SSSR count). The van der Waals surface area contributed by atoms with Crippen molar-refractivity contribution >= 4 is 28.5 Å². The van der Waals surface area contributed by atoms with Crippen molar-refractivity contribution in [1.29, 1.82) is 0 Å². The summed E-state index contributed by atoms with van der Waals surface area (Å²) in [6.45, 7) is 0. The molecule has 0 aliphatic rings. The van der Waals surface area contributed by atoms with E-state index in [0.29, 0.717) is 0 Å². The lowest BCUT2D eigenvalue weighted by Gasteiger charge is -1.96. The molecular formula is C5H5N3O4S. The first-order chi connectivity index (χ1) is 6.13. The third-order valence-corrected chi connectivity index (χ3v) is 1.80. The Morgan fingerprint density at radius 2 is 2.23 bits per heavy atom. The van der Waals surface area contributed by atoms with Gasteiger partial charge in [-0.1, -0.05) is 0 Å². The van der Waals surface area contributed by atoms with Gasteiger partial charge in [-0.15, -0.1) is 11.3 Å². The number of aromatic carboxylic acids is 1. The number of carboxylic acid groups (broad SMARTS) is 1. The fraction of sp³-hybridized carbons (Fsp3) is 0. The molecule has 1 heterocycles. The Labute approximate surface area is 76.0 Å². The number of carbonyl (C=O) groups is 2. The van der Waals surface area contributed by atoms with E-state index in [9.17, 15) is 9.59 Å². The number of hydrogen-bond acceptors (Lipinski definition) is 5. The number of carbonyl (C=O) groups excluding carboxylic acids is 1. The zero-order valence-electron chi connectivity index (χ0n) is 6.14. The van der Waals surface area contributed by atoms with Crippen LogP contribution in [0.25, 0.3) is 0 Å². The largest absolute Gasteiger partial charge is 0.476 e. The van der Waals surface area contributed by atoms with E-state index < -0.39 is 12.0 Å². The molecular weight excluding hydrogens is 198 g/mol. The molecule has 0 aromatic carbocycles. The average Bonchev–Trinajstić information content (AvgIpc) is 2.52. The predicted octanol–water partition coefficient (Wildman–Crippen LogP) is 0.352. The quantitative estimate of drug-likeness (QED) is 0.409. The Balaban J connectivity index is 2.69. The van der Waals surface area contributed by atoms with Crippen molar-refractivity contribution in [2.45, 2.75) is 0 Å². The lowest BCUT2D eigenvalue weighted by molar-refractivity contribution is 0.0691. The number of nitrogens with zero attached hydrogens (tertiary/aromatic N) is 1. The van der Waals surface area contributed by atoms with E-state index in [1.807, 2.05) is 0 Å². The van der Waals surface area contributed by atoms with E-state index in [2.05, 4.69) is 10.3 Å². The Morgan fingerprint density at radius 1 is 1.54 bits per heavy atom. The van der Waals surface area contributed by atoms with Crippen molar-refractivity contribution in [3.8, 4) is 0 Å². The number of nitrogens with one attached hydrogen (secondary N) is 2. The molecule has 70 valence electrons. The molecule has 4 N–H and O–H groups in total. The van der Waals surface area contributed by atoms with Crippen LogP contribution >= 0.6 is 11.3 Å². The Bertz CT molecular complexity index is 336. The normalized spacial score (nSPS) is 9.31. The maximum Gasteiger partial charge on any atom is 0.355 e. The van der Waals surface area contributed by atoms with Gasteiger partial charge in [-0.25, -0.2) is 20.1 Å². The highest BCUT2D eigenvalue weighted by molar-refractivity contribution is 7.14. The topological polar surface area (TPSA) is 112 Å². The first-order valence-electron chi connectivity index (χ1n) is 3.03. The van der Waals surface area contributed by atoms with Crippen molar-refractivity contribution in [3.05, 3.63) is 11.1 Å². The van der Waals surface area contributed by atoms with E-state index in [0.717, 1.165) is 11.3 Å². The molecule has 0 radical (unpaired) electrons. The minimum atomic E-state index is -1.17. The average molecular weight is 203 g/mol. The summed E-state index contributed by atoms with van der Waals surface area (Å²) < 4.78 is 0. The summed E-state index contributed by atoms with van der Waals surface area (Å²) in [5.74, 6) is -1.17. The van der Waals surface area contributed by atoms with Gasteiger partial charge in [-0.05, 0) is 0 Å². The molecule has 0 atom stereocenters. The van der Waals surface area contributed by atoms with E-state index in [4.69, 9.17) is 10.3 Å². The minimum absolute atomic E-state index is 0.101. The van der Waals surface area contributed by atoms with Crippen molar-refractivity contribution in [3.63, 3.8) is 0 Å². The van der Waals surface area contributed by atoms with Crippen molar-refractivity contribution in [1.82, 2.24) is 10.5 Å². The van der Waals surface area contributed by atoms with Gasteiger partial charge in [0.15, 0.2) is 10.8 Å². The summed E-state index contributed by atoms with van der Waals surface area (Å²) in [5.41, 5.74) is 1.17. The molecule has 0 aliphatic heterocycles. The van der Waals surface area contributed by atoms with E-state index >= 15 is 0 Å². The van der Waals surface area contributed by atoms with Crippen LogP contribution in [0.1, 0.15) is 10.5 Å². The first-order valence-corrected chi connectivity index (χ1v) is 3.91. The molecule has 0 aliphatic carbocycles. The highest BCUT2D eigenvalue weighted by Gasteiger charge is 2.09. The van der Waals surface area contributed by atoms with Gasteiger partial charge in [0.2, 0.25) is 0 Å². The van der Waals surface area contributed by atoms with E-state index in [-0.39, 0.29) is 10.8 Å².